The van der Waals surface area contributed by atoms with E-state index in [9.17, 15) is 0 Å². The Balaban J connectivity index is 1.94. The minimum absolute atomic E-state index is 0.149. The molecule has 0 aliphatic carbocycles. The van der Waals surface area contributed by atoms with Crippen molar-refractivity contribution in [2.75, 3.05) is 5.32 Å². The molecule has 0 fully saturated rings. The number of benzene rings is 2. The van der Waals surface area contributed by atoms with Crippen molar-refractivity contribution >= 4 is 23.0 Å². The lowest BCUT2D eigenvalue weighted by Gasteiger charge is -2.18. The highest BCUT2D eigenvalue weighted by Crippen LogP contribution is 2.19. The van der Waals surface area contributed by atoms with Crippen molar-refractivity contribution in [3.05, 3.63) is 60.2 Å². The minimum atomic E-state index is 0.149. The summed E-state index contributed by atoms with van der Waals surface area (Å²) in [5.74, 6) is 0.832. The molecular formula is C18H22N2OS. The molecule has 0 heterocycles. The zero-order valence-electron chi connectivity index (χ0n) is 13.2. The molecular weight excluding hydrogens is 292 g/mol. The van der Waals surface area contributed by atoms with Crippen LogP contribution in [-0.4, -0.2) is 11.2 Å². The number of hydrogen-bond acceptors (Lipinski definition) is 2. The summed E-state index contributed by atoms with van der Waals surface area (Å²) in [5.41, 5.74) is 2.11. The lowest BCUT2D eigenvalue weighted by Crippen LogP contribution is -2.30. The molecule has 0 spiro atoms. The predicted octanol–water partition coefficient (Wildman–Crippen LogP) is 4.52. The maximum atomic E-state index is 5.68. The molecule has 3 nitrogen and oxygen atoms in total. The molecule has 22 heavy (non-hydrogen) atoms. The normalized spacial score (nSPS) is 11.8. The fraction of sp³-hybridized carbons (Fsp3) is 0.278. The van der Waals surface area contributed by atoms with Crippen LogP contribution in [0.2, 0.25) is 0 Å². The molecule has 1 atom stereocenters. The Morgan fingerprint density at radius 2 is 1.73 bits per heavy atom. The van der Waals surface area contributed by atoms with Crippen molar-refractivity contribution < 1.29 is 4.74 Å². The topological polar surface area (TPSA) is 33.3 Å². The summed E-state index contributed by atoms with van der Waals surface area (Å²) in [6.07, 6.45) is 0.151. The van der Waals surface area contributed by atoms with Gasteiger partial charge in [-0.1, -0.05) is 36.4 Å². The van der Waals surface area contributed by atoms with Crippen LogP contribution in [-0.2, 0) is 0 Å². The molecule has 2 aromatic carbocycles. The Bertz CT molecular complexity index is 613. The molecule has 0 aromatic heterocycles. The molecule has 0 saturated carbocycles. The van der Waals surface area contributed by atoms with Crippen LogP contribution in [0.5, 0.6) is 5.75 Å². The van der Waals surface area contributed by atoms with Gasteiger partial charge in [-0.25, -0.2) is 0 Å². The van der Waals surface area contributed by atoms with Gasteiger partial charge in [0.1, 0.15) is 5.75 Å². The maximum Gasteiger partial charge on any atom is 0.171 e. The van der Waals surface area contributed by atoms with E-state index < -0.39 is 0 Å². The summed E-state index contributed by atoms with van der Waals surface area (Å²) in [7, 11) is 0. The Morgan fingerprint density at radius 3 is 2.41 bits per heavy atom. The van der Waals surface area contributed by atoms with Crippen LogP contribution in [0.15, 0.2) is 54.6 Å². The predicted molar refractivity (Wildman–Crippen MR) is 96.4 cm³/mol. The van der Waals surface area contributed by atoms with E-state index in [-0.39, 0.29) is 12.1 Å². The molecule has 0 amide bonds. The first-order chi connectivity index (χ1) is 10.5. The van der Waals surface area contributed by atoms with Gasteiger partial charge in [0.05, 0.1) is 12.1 Å². The van der Waals surface area contributed by atoms with E-state index in [1.54, 1.807) is 0 Å². The third kappa shape index (κ3) is 5.04. The summed E-state index contributed by atoms with van der Waals surface area (Å²) in [4.78, 5) is 0. The summed E-state index contributed by atoms with van der Waals surface area (Å²) >= 11 is 5.38. The summed E-state index contributed by atoms with van der Waals surface area (Å²) in [5, 5.41) is 7.08. The molecule has 0 aliphatic heterocycles. The third-order valence-corrected chi connectivity index (χ3v) is 3.33. The van der Waals surface area contributed by atoms with Gasteiger partial charge in [-0.05, 0) is 50.7 Å². The number of hydrogen-bond donors (Lipinski definition) is 2. The molecule has 116 valence electrons. The minimum Gasteiger partial charge on any atom is -0.491 e. The van der Waals surface area contributed by atoms with Crippen molar-refractivity contribution in [3.8, 4) is 5.75 Å². The summed E-state index contributed by atoms with van der Waals surface area (Å²) in [6, 6.07) is 18.2. The molecule has 1 unspecified atom stereocenters. The van der Waals surface area contributed by atoms with Gasteiger partial charge in [-0.15, -0.1) is 0 Å². The Morgan fingerprint density at radius 1 is 1.00 bits per heavy atom. The van der Waals surface area contributed by atoms with Crippen LogP contribution in [0.25, 0.3) is 0 Å². The Kier molecular flexibility index (Phi) is 5.78. The fourth-order valence-corrected chi connectivity index (χ4v) is 2.40. The van der Waals surface area contributed by atoms with Crippen LogP contribution in [0.4, 0.5) is 5.69 Å². The summed E-state index contributed by atoms with van der Waals surface area (Å²) < 4.78 is 5.68. The second-order valence-corrected chi connectivity index (χ2v) is 5.83. The second-order valence-electron chi connectivity index (χ2n) is 5.43. The quantitative estimate of drug-likeness (QED) is 0.795. The molecule has 0 aliphatic rings. The highest BCUT2D eigenvalue weighted by Gasteiger charge is 2.07. The zero-order chi connectivity index (χ0) is 15.9. The average molecular weight is 314 g/mol. The first kappa shape index (κ1) is 16.3. The Hall–Kier alpha value is -2.07. The van der Waals surface area contributed by atoms with Gasteiger partial charge in [-0.2, -0.15) is 0 Å². The SMILES string of the molecule is CC(C)Oc1cccc(NC(=S)NC(C)c2ccccc2)c1. The van der Waals surface area contributed by atoms with E-state index >= 15 is 0 Å². The smallest absolute Gasteiger partial charge is 0.171 e. The lowest BCUT2D eigenvalue weighted by atomic mass is 10.1. The lowest BCUT2D eigenvalue weighted by molar-refractivity contribution is 0.242. The van der Waals surface area contributed by atoms with Crippen LogP contribution >= 0.6 is 12.2 Å². The van der Waals surface area contributed by atoms with Crippen LogP contribution in [0.3, 0.4) is 0 Å². The van der Waals surface area contributed by atoms with Gasteiger partial charge >= 0.3 is 0 Å². The van der Waals surface area contributed by atoms with Crippen LogP contribution in [0.1, 0.15) is 32.4 Å². The molecule has 2 N–H and O–H groups in total. The largest absolute Gasteiger partial charge is 0.491 e. The third-order valence-electron chi connectivity index (χ3n) is 3.11. The Labute approximate surface area is 137 Å². The van der Waals surface area contributed by atoms with Gasteiger partial charge in [-0.3, -0.25) is 0 Å². The van der Waals surface area contributed by atoms with E-state index in [0.29, 0.717) is 5.11 Å². The second kappa shape index (κ2) is 7.80. The molecule has 4 heteroatoms. The first-order valence-corrected chi connectivity index (χ1v) is 7.84. The number of rotatable bonds is 5. The van der Waals surface area contributed by atoms with Crippen molar-refractivity contribution in [1.29, 1.82) is 0 Å². The van der Waals surface area contributed by atoms with Crippen molar-refractivity contribution in [3.63, 3.8) is 0 Å². The highest BCUT2D eigenvalue weighted by atomic mass is 32.1. The zero-order valence-corrected chi connectivity index (χ0v) is 14.0. The van der Waals surface area contributed by atoms with Gasteiger partial charge < -0.3 is 15.4 Å². The van der Waals surface area contributed by atoms with E-state index in [1.807, 2.05) is 56.3 Å². The number of nitrogens with one attached hydrogen (secondary N) is 2. The summed E-state index contributed by atoms with van der Waals surface area (Å²) in [6.45, 7) is 6.10. The number of thiocarbonyl (C=S) groups is 1. The monoisotopic (exact) mass is 314 g/mol. The van der Waals surface area contributed by atoms with Crippen LogP contribution in [0, 0.1) is 0 Å². The average Bonchev–Trinajstić information content (AvgIpc) is 2.47. The first-order valence-electron chi connectivity index (χ1n) is 7.44. The standard InChI is InChI=1S/C18H22N2OS/c1-13(2)21-17-11-7-10-16(12-17)20-18(22)19-14(3)15-8-5-4-6-9-15/h4-14H,1-3H3,(H2,19,20,22). The molecule has 0 saturated heterocycles. The van der Waals surface area contributed by atoms with Gasteiger partial charge in [0.2, 0.25) is 0 Å². The molecule has 2 rings (SSSR count). The number of anilines is 1. The van der Waals surface area contributed by atoms with Gasteiger partial charge in [0.25, 0.3) is 0 Å². The fourth-order valence-electron chi connectivity index (χ4n) is 2.11. The van der Waals surface area contributed by atoms with E-state index in [0.717, 1.165) is 11.4 Å². The van der Waals surface area contributed by atoms with E-state index in [2.05, 4.69) is 29.7 Å². The molecule has 0 radical (unpaired) electrons. The van der Waals surface area contributed by atoms with E-state index in [4.69, 9.17) is 17.0 Å². The molecule has 0 bridgehead atoms. The van der Waals surface area contributed by atoms with E-state index in [1.165, 1.54) is 5.56 Å². The van der Waals surface area contributed by atoms with Crippen LogP contribution < -0.4 is 15.4 Å². The number of ether oxygens (including phenoxy) is 1. The molecule has 2 aromatic rings. The van der Waals surface area contributed by atoms with Gasteiger partial charge in [0.15, 0.2) is 5.11 Å². The van der Waals surface area contributed by atoms with Crippen molar-refractivity contribution in [2.45, 2.75) is 32.9 Å². The van der Waals surface area contributed by atoms with Crippen molar-refractivity contribution in [1.82, 2.24) is 5.32 Å². The van der Waals surface area contributed by atoms with Crippen molar-refractivity contribution in [2.24, 2.45) is 0 Å². The highest BCUT2D eigenvalue weighted by molar-refractivity contribution is 7.80. The van der Waals surface area contributed by atoms with Gasteiger partial charge in [0, 0.05) is 11.8 Å². The maximum absolute atomic E-state index is 5.68.